The van der Waals surface area contributed by atoms with Crippen LogP contribution in [0.3, 0.4) is 0 Å². The summed E-state index contributed by atoms with van der Waals surface area (Å²) >= 11 is 0. The molecule has 0 aliphatic carbocycles. The Balaban J connectivity index is 1.74. The van der Waals surface area contributed by atoms with Crippen LogP contribution in [0.5, 0.6) is 0 Å². The topological polar surface area (TPSA) is 111 Å². The Morgan fingerprint density at radius 3 is 3.00 bits per heavy atom. The number of hydrogen-bond donors (Lipinski definition) is 1. The first-order chi connectivity index (χ1) is 13.6. The summed E-state index contributed by atoms with van der Waals surface area (Å²) in [6, 6.07) is 4.21. The van der Waals surface area contributed by atoms with E-state index in [-0.39, 0.29) is 18.4 Å². The molecule has 0 amide bonds. The molecule has 146 valence electrons. The molecule has 0 saturated heterocycles. The number of esters is 1. The van der Waals surface area contributed by atoms with Crippen LogP contribution in [-0.4, -0.2) is 36.9 Å². The number of anilines is 2. The predicted molar refractivity (Wildman–Crippen MR) is 104 cm³/mol. The van der Waals surface area contributed by atoms with Crippen LogP contribution < -0.4 is 5.32 Å². The molecule has 3 aromatic heterocycles. The smallest absolute Gasteiger partial charge is 0.327 e. The molecule has 1 unspecified atom stereocenters. The second kappa shape index (κ2) is 8.99. The second-order valence-corrected chi connectivity index (χ2v) is 6.43. The largest absolute Gasteiger partial charge is 0.465 e. The van der Waals surface area contributed by atoms with Gasteiger partial charge in [0, 0.05) is 36.9 Å². The van der Waals surface area contributed by atoms with Crippen molar-refractivity contribution in [2.45, 2.75) is 39.8 Å². The number of ether oxygens (including phenoxy) is 1. The highest BCUT2D eigenvalue weighted by Crippen LogP contribution is 2.20. The summed E-state index contributed by atoms with van der Waals surface area (Å²) in [6.45, 7) is 4.98. The zero-order chi connectivity index (χ0) is 19.9. The van der Waals surface area contributed by atoms with Crippen LogP contribution >= 0.6 is 0 Å². The minimum absolute atomic E-state index is 0.0512. The molecule has 9 nitrogen and oxygen atoms in total. The van der Waals surface area contributed by atoms with Gasteiger partial charge in [-0.3, -0.25) is 9.48 Å². The Labute approximate surface area is 163 Å². The predicted octanol–water partition coefficient (Wildman–Crippen LogP) is 2.87. The zero-order valence-corrected chi connectivity index (χ0v) is 16.0. The molecule has 0 saturated carbocycles. The van der Waals surface area contributed by atoms with Gasteiger partial charge in [0.25, 0.3) is 0 Å². The Morgan fingerprint density at radius 2 is 2.25 bits per heavy atom. The van der Waals surface area contributed by atoms with E-state index in [4.69, 9.17) is 10.00 Å². The van der Waals surface area contributed by atoms with E-state index >= 15 is 0 Å². The van der Waals surface area contributed by atoms with Gasteiger partial charge in [-0.15, -0.1) is 0 Å². The van der Waals surface area contributed by atoms with Crippen LogP contribution in [0.15, 0.2) is 30.9 Å². The number of nitrogens with zero attached hydrogens (tertiary/aromatic N) is 6. The van der Waals surface area contributed by atoms with Gasteiger partial charge in [0.1, 0.15) is 12.2 Å². The fourth-order valence-corrected chi connectivity index (χ4v) is 2.91. The molecule has 3 aromatic rings. The molecule has 0 aliphatic heterocycles. The summed E-state index contributed by atoms with van der Waals surface area (Å²) in [4.78, 5) is 20.5. The minimum atomic E-state index is -0.338. The molecule has 3 rings (SSSR count). The van der Waals surface area contributed by atoms with Crippen LogP contribution in [0.4, 0.5) is 11.6 Å². The number of hydrogen-bond acceptors (Lipinski definition) is 7. The Bertz CT molecular complexity index is 986. The second-order valence-electron chi connectivity index (χ2n) is 6.43. The molecule has 1 atom stereocenters. The van der Waals surface area contributed by atoms with Gasteiger partial charge in [-0.05, 0) is 18.9 Å². The maximum absolute atomic E-state index is 11.5. The number of rotatable bonds is 9. The van der Waals surface area contributed by atoms with Crippen LogP contribution in [-0.2, 0) is 22.6 Å². The number of nitriles is 1. The van der Waals surface area contributed by atoms with Crippen LogP contribution in [0.25, 0.3) is 11.0 Å². The third-order valence-electron chi connectivity index (χ3n) is 4.40. The van der Waals surface area contributed by atoms with Gasteiger partial charge in [-0.1, -0.05) is 13.3 Å². The molecule has 3 heterocycles. The first-order valence-corrected chi connectivity index (χ1v) is 9.26. The van der Waals surface area contributed by atoms with Crippen molar-refractivity contribution in [3.8, 4) is 6.07 Å². The van der Waals surface area contributed by atoms with E-state index < -0.39 is 0 Å². The normalized spacial score (nSPS) is 11.9. The standard InChI is InChI=1S/C19H23N7O2/c1-3-14(5-7-20)11-25-8-6-15-9-21-19(24-18(15)25)23-16-10-22-26(12-16)13-17(27)28-4-2/h6,8-10,12,14H,3-5,11,13H2,1-2H3,(H,21,23,24). The fourth-order valence-electron chi connectivity index (χ4n) is 2.91. The Kier molecular flexibility index (Phi) is 6.22. The Hall–Kier alpha value is -3.41. The molecule has 1 N–H and O–H groups in total. The number of nitrogens with one attached hydrogen (secondary N) is 1. The number of carbonyl (C=O) groups is 1. The fraction of sp³-hybridized carbons (Fsp3) is 0.421. The highest BCUT2D eigenvalue weighted by Gasteiger charge is 2.12. The summed E-state index contributed by atoms with van der Waals surface area (Å²) < 4.78 is 8.47. The number of fused-ring (bicyclic) bond motifs is 1. The van der Waals surface area contributed by atoms with Crippen molar-refractivity contribution < 1.29 is 9.53 Å². The van der Waals surface area contributed by atoms with Crippen molar-refractivity contribution in [2.75, 3.05) is 11.9 Å². The van der Waals surface area contributed by atoms with E-state index in [1.807, 2.05) is 12.3 Å². The molecule has 0 radical (unpaired) electrons. The lowest BCUT2D eigenvalue weighted by Crippen LogP contribution is -2.13. The molecule has 0 aromatic carbocycles. The summed E-state index contributed by atoms with van der Waals surface area (Å²) in [7, 11) is 0. The molecule has 0 aliphatic rings. The van der Waals surface area contributed by atoms with Gasteiger partial charge in [0.05, 0.1) is 24.6 Å². The van der Waals surface area contributed by atoms with E-state index in [0.29, 0.717) is 24.7 Å². The maximum atomic E-state index is 11.5. The lowest BCUT2D eigenvalue weighted by atomic mass is 10.0. The lowest BCUT2D eigenvalue weighted by Gasteiger charge is -2.13. The van der Waals surface area contributed by atoms with Gasteiger partial charge in [-0.2, -0.15) is 15.3 Å². The summed E-state index contributed by atoms with van der Waals surface area (Å²) in [5.41, 5.74) is 1.49. The third-order valence-corrected chi connectivity index (χ3v) is 4.40. The number of aromatic nitrogens is 5. The summed E-state index contributed by atoms with van der Waals surface area (Å²) in [5, 5.41) is 17.2. The van der Waals surface area contributed by atoms with Crippen LogP contribution in [0.2, 0.25) is 0 Å². The minimum Gasteiger partial charge on any atom is -0.465 e. The molecule has 0 spiro atoms. The van der Waals surface area contributed by atoms with Crippen molar-refractivity contribution in [3.05, 3.63) is 30.9 Å². The lowest BCUT2D eigenvalue weighted by molar-refractivity contribution is -0.144. The molecule has 28 heavy (non-hydrogen) atoms. The van der Waals surface area contributed by atoms with Gasteiger partial charge in [0.2, 0.25) is 5.95 Å². The molecule has 9 heteroatoms. The van der Waals surface area contributed by atoms with Crippen LogP contribution in [0, 0.1) is 17.2 Å². The van der Waals surface area contributed by atoms with E-state index in [1.165, 1.54) is 4.68 Å². The Morgan fingerprint density at radius 1 is 1.39 bits per heavy atom. The third kappa shape index (κ3) is 4.65. The number of carbonyl (C=O) groups excluding carboxylic acids is 1. The maximum Gasteiger partial charge on any atom is 0.327 e. The average Bonchev–Trinajstić information content (AvgIpc) is 3.28. The van der Waals surface area contributed by atoms with Crippen molar-refractivity contribution in [3.63, 3.8) is 0 Å². The van der Waals surface area contributed by atoms with Crippen molar-refractivity contribution in [2.24, 2.45) is 5.92 Å². The monoisotopic (exact) mass is 381 g/mol. The first kappa shape index (κ1) is 19.4. The van der Waals surface area contributed by atoms with Crippen molar-refractivity contribution >= 4 is 28.6 Å². The molecule has 0 bridgehead atoms. The summed E-state index contributed by atoms with van der Waals surface area (Å²) in [6.07, 6.45) is 8.49. The van der Waals surface area contributed by atoms with E-state index in [1.54, 1.807) is 25.5 Å². The average molecular weight is 381 g/mol. The van der Waals surface area contributed by atoms with Gasteiger partial charge < -0.3 is 14.6 Å². The quantitative estimate of drug-likeness (QED) is 0.567. The highest BCUT2D eigenvalue weighted by molar-refractivity contribution is 5.76. The van der Waals surface area contributed by atoms with E-state index in [0.717, 1.165) is 24.0 Å². The highest BCUT2D eigenvalue weighted by atomic mass is 16.5. The zero-order valence-electron chi connectivity index (χ0n) is 16.0. The molecular formula is C19H23N7O2. The first-order valence-electron chi connectivity index (χ1n) is 9.26. The van der Waals surface area contributed by atoms with Gasteiger partial charge in [0.15, 0.2) is 0 Å². The van der Waals surface area contributed by atoms with E-state index in [2.05, 4.69) is 37.9 Å². The van der Waals surface area contributed by atoms with Gasteiger partial charge in [-0.25, -0.2) is 4.98 Å². The van der Waals surface area contributed by atoms with Crippen molar-refractivity contribution in [1.29, 1.82) is 5.26 Å². The summed E-state index contributed by atoms with van der Waals surface area (Å²) in [5.74, 6) is 0.389. The SMILES string of the molecule is CCOC(=O)Cn1cc(Nc2ncc3ccn(CC(CC)CC#N)c3n2)cn1. The van der Waals surface area contributed by atoms with Gasteiger partial charge >= 0.3 is 5.97 Å². The van der Waals surface area contributed by atoms with Crippen LogP contribution in [0.1, 0.15) is 26.7 Å². The van der Waals surface area contributed by atoms with Crippen molar-refractivity contribution in [1.82, 2.24) is 24.3 Å². The van der Waals surface area contributed by atoms with E-state index in [9.17, 15) is 4.79 Å². The molecular weight excluding hydrogens is 358 g/mol. The molecule has 0 fully saturated rings.